The number of hydrogen-bond donors (Lipinski definition) is 2. The van der Waals surface area contributed by atoms with Crippen LogP contribution in [0.3, 0.4) is 0 Å². The number of aryl methyl sites for hydroxylation is 1. The van der Waals surface area contributed by atoms with E-state index in [1.54, 1.807) is 36.4 Å². The maximum atomic E-state index is 12.2. The van der Waals surface area contributed by atoms with Crippen LogP contribution in [0.25, 0.3) is 0 Å². The Hall–Kier alpha value is -3.34. The third kappa shape index (κ3) is 4.14. The molecule has 2 aromatic carbocycles. The van der Waals surface area contributed by atoms with E-state index in [1.807, 2.05) is 31.2 Å². The van der Waals surface area contributed by atoms with Crippen molar-refractivity contribution >= 4 is 17.5 Å². The summed E-state index contributed by atoms with van der Waals surface area (Å²) in [7, 11) is 0. The van der Waals surface area contributed by atoms with Crippen molar-refractivity contribution in [2.45, 2.75) is 13.5 Å². The highest BCUT2D eigenvalue weighted by Crippen LogP contribution is 2.12. The van der Waals surface area contributed by atoms with Gasteiger partial charge in [0.15, 0.2) is 5.76 Å². The highest BCUT2D eigenvalue weighted by molar-refractivity contribution is 6.02. The van der Waals surface area contributed by atoms with Gasteiger partial charge in [-0.3, -0.25) is 9.59 Å². The smallest absolute Gasteiger partial charge is 0.291 e. The van der Waals surface area contributed by atoms with Crippen molar-refractivity contribution < 1.29 is 14.0 Å². The lowest BCUT2D eigenvalue weighted by atomic mass is 10.1. The Morgan fingerprint density at radius 2 is 1.68 bits per heavy atom. The Kier molecular flexibility index (Phi) is 4.95. The van der Waals surface area contributed by atoms with Gasteiger partial charge in [-0.1, -0.05) is 24.3 Å². The van der Waals surface area contributed by atoms with E-state index in [0.29, 0.717) is 17.8 Å². The van der Waals surface area contributed by atoms with Crippen molar-refractivity contribution in [3.05, 3.63) is 89.4 Å². The van der Waals surface area contributed by atoms with Crippen molar-refractivity contribution in [2.75, 3.05) is 5.32 Å². The number of furan rings is 1. The first-order valence-electron chi connectivity index (χ1n) is 7.91. The van der Waals surface area contributed by atoms with Crippen LogP contribution < -0.4 is 10.6 Å². The second kappa shape index (κ2) is 7.49. The fourth-order valence-electron chi connectivity index (χ4n) is 2.39. The Balaban J connectivity index is 1.59. The number of hydrogen-bond acceptors (Lipinski definition) is 3. The lowest BCUT2D eigenvalue weighted by molar-refractivity contribution is 0.0950. The minimum atomic E-state index is -0.332. The molecule has 0 aliphatic heterocycles. The summed E-state index contributed by atoms with van der Waals surface area (Å²) in [6.45, 7) is 2.49. The molecule has 5 heteroatoms. The topological polar surface area (TPSA) is 71.3 Å². The van der Waals surface area contributed by atoms with E-state index in [0.717, 1.165) is 11.1 Å². The van der Waals surface area contributed by atoms with E-state index in [4.69, 9.17) is 4.42 Å². The van der Waals surface area contributed by atoms with Gasteiger partial charge in [-0.25, -0.2) is 0 Å². The summed E-state index contributed by atoms with van der Waals surface area (Å²) in [5, 5.41) is 5.61. The Bertz CT molecular complexity index is 868. The first kappa shape index (κ1) is 16.5. The van der Waals surface area contributed by atoms with Crippen LogP contribution in [-0.4, -0.2) is 11.8 Å². The average Bonchev–Trinajstić information content (AvgIpc) is 3.16. The predicted molar refractivity (Wildman–Crippen MR) is 95.5 cm³/mol. The molecule has 0 aliphatic rings. The lowest BCUT2D eigenvalue weighted by Crippen LogP contribution is -2.23. The Morgan fingerprint density at radius 3 is 2.36 bits per heavy atom. The molecule has 0 bridgehead atoms. The number of amides is 2. The zero-order valence-corrected chi connectivity index (χ0v) is 13.8. The molecular weight excluding hydrogens is 316 g/mol. The molecule has 3 aromatic rings. The summed E-state index contributed by atoms with van der Waals surface area (Å²) < 4.78 is 5.04. The van der Waals surface area contributed by atoms with Gasteiger partial charge >= 0.3 is 0 Å². The second-order valence-electron chi connectivity index (χ2n) is 5.62. The minimum absolute atomic E-state index is 0.160. The number of nitrogens with one attached hydrogen (secondary N) is 2. The Morgan fingerprint density at radius 1 is 0.920 bits per heavy atom. The molecule has 0 radical (unpaired) electrons. The summed E-state index contributed by atoms with van der Waals surface area (Å²) in [5.74, 6) is -0.256. The van der Waals surface area contributed by atoms with Crippen molar-refractivity contribution in [1.29, 1.82) is 0 Å². The largest absolute Gasteiger partial charge is 0.459 e. The van der Waals surface area contributed by atoms with Gasteiger partial charge in [-0.05, 0) is 54.4 Å². The molecule has 5 nitrogen and oxygen atoms in total. The fourth-order valence-corrected chi connectivity index (χ4v) is 2.39. The zero-order valence-electron chi connectivity index (χ0n) is 13.8. The SMILES string of the molecule is Cc1ccccc1CNC(=O)c1ccc(NC(=O)c2ccco2)cc1. The lowest BCUT2D eigenvalue weighted by Gasteiger charge is -2.09. The highest BCUT2D eigenvalue weighted by Gasteiger charge is 2.10. The molecule has 126 valence electrons. The molecule has 0 spiro atoms. The molecular formula is C20H18N2O3. The summed E-state index contributed by atoms with van der Waals surface area (Å²) in [5.41, 5.74) is 3.35. The molecule has 0 saturated carbocycles. The summed E-state index contributed by atoms with van der Waals surface area (Å²) >= 11 is 0. The first-order valence-corrected chi connectivity index (χ1v) is 7.91. The van der Waals surface area contributed by atoms with Gasteiger partial charge in [-0.15, -0.1) is 0 Å². The van der Waals surface area contributed by atoms with Crippen LogP contribution in [0.4, 0.5) is 5.69 Å². The quantitative estimate of drug-likeness (QED) is 0.746. The summed E-state index contributed by atoms with van der Waals surface area (Å²) in [6, 6.07) is 17.9. The normalized spacial score (nSPS) is 10.3. The minimum Gasteiger partial charge on any atom is -0.459 e. The van der Waals surface area contributed by atoms with Gasteiger partial charge in [0.1, 0.15) is 0 Å². The third-order valence-corrected chi connectivity index (χ3v) is 3.85. The summed E-state index contributed by atoms with van der Waals surface area (Å²) in [4.78, 5) is 24.1. The highest BCUT2D eigenvalue weighted by atomic mass is 16.3. The number of anilines is 1. The monoisotopic (exact) mass is 334 g/mol. The van der Waals surface area contributed by atoms with Crippen LogP contribution in [0.5, 0.6) is 0 Å². The standard InChI is InChI=1S/C20H18N2O3/c1-14-5-2-3-6-16(14)13-21-19(23)15-8-10-17(11-9-15)22-20(24)18-7-4-12-25-18/h2-12H,13H2,1H3,(H,21,23)(H,22,24). The van der Waals surface area contributed by atoms with E-state index in [9.17, 15) is 9.59 Å². The van der Waals surface area contributed by atoms with Gasteiger partial charge in [0.2, 0.25) is 0 Å². The van der Waals surface area contributed by atoms with Crippen LogP contribution in [0.2, 0.25) is 0 Å². The van der Waals surface area contributed by atoms with Gasteiger partial charge in [0.05, 0.1) is 6.26 Å². The molecule has 0 unspecified atom stereocenters. The van der Waals surface area contributed by atoms with Gasteiger partial charge in [0, 0.05) is 17.8 Å². The van der Waals surface area contributed by atoms with Crippen molar-refractivity contribution in [1.82, 2.24) is 5.32 Å². The maximum Gasteiger partial charge on any atom is 0.291 e. The Labute approximate surface area is 145 Å². The van der Waals surface area contributed by atoms with E-state index >= 15 is 0 Å². The van der Waals surface area contributed by atoms with Gasteiger partial charge in [0.25, 0.3) is 11.8 Å². The van der Waals surface area contributed by atoms with Crippen LogP contribution in [0.15, 0.2) is 71.3 Å². The van der Waals surface area contributed by atoms with Crippen LogP contribution in [-0.2, 0) is 6.54 Å². The molecule has 3 rings (SSSR count). The predicted octanol–water partition coefficient (Wildman–Crippen LogP) is 3.77. The summed E-state index contributed by atoms with van der Waals surface area (Å²) in [6.07, 6.45) is 1.44. The molecule has 1 heterocycles. The second-order valence-corrected chi connectivity index (χ2v) is 5.62. The van der Waals surface area contributed by atoms with Crippen molar-refractivity contribution in [3.8, 4) is 0 Å². The van der Waals surface area contributed by atoms with E-state index in [1.165, 1.54) is 6.26 Å². The van der Waals surface area contributed by atoms with E-state index in [2.05, 4.69) is 10.6 Å². The van der Waals surface area contributed by atoms with Crippen molar-refractivity contribution in [2.24, 2.45) is 0 Å². The molecule has 2 N–H and O–H groups in total. The fraction of sp³-hybridized carbons (Fsp3) is 0.100. The van der Waals surface area contributed by atoms with Crippen LogP contribution in [0, 0.1) is 6.92 Å². The van der Waals surface area contributed by atoms with E-state index < -0.39 is 0 Å². The zero-order chi connectivity index (χ0) is 17.6. The average molecular weight is 334 g/mol. The number of carbonyl (C=O) groups excluding carboxylic acids is 2. The molecule has 0 atom stereocenters. The van der Waals surface area contributed by atoms with Crippen LogP contribution >= 0.6 is 0 Å². The number of benzene rings is 2. The molecule has 25 heavy (non-hydrogen) atoms. The number of carbonyl (C=O) groups is 2. The third-order valence-electron chi connectivity index (χ3n) is 3.85. The maximum absolute atomic E-state index is 12.2. The molecule has 0 saturated heterocycles. The molecule has 2 amide bonds. The first-order chi connectivity index (χ1) is 12.1. The van der Waals surface area contributed by atoms with Crippen molar-refractivity contribution in [3.63, 3.8) is 0 Å². The molecule has 0 fully saturated rings. The molecule has 1 aromatic heterocycles. The van der Waals surface area contributed by atoms with Gasteiger partial charge < -0.3 is 15.1 Å². The van der Waals surface area contributed by atoms with Gasteiger partial charge in [-0.2, -0.15) is 0 Å². The molecule has 0 aliphatic carbocycles. The van der Waals surface area contributed by atoms with E-state index in [-0.39, 0.29) is 17.6 Å². The van der Waals surface area contributed by atoms with Crippen LogP contribution in [0.1, 0.15) is 32.0 Å². The number of rotatable bonds is 5.